The summed E-state index contributed by atoms with van der Waals surface area (Å²) in [7, 11) is 0. The molecule has 0 fully saturated rings. The molecule has 2 aromatic rings. The van der Waals surface area contributed by atoms with Crippen molar-refractivity contribution in [3.05, 3.63) is 72.8 Å². The Hall–Kier alpha value is -2.39. The van der Waals surface area contributed by atoms with Gasteiger partial charge in [-0.2, -0.15) is 0 Å². The van der Waals surface area contributed by atoms with E-state index in [1.165, 1.54) is 0 Å². The molecule has 3 heteroatoms. The maximum atomic E-state index is 9.81. The number of hydrogen-bond acceptors (Lipinski definition) is 2. The topological polar surface area (TPSA) is 46.2 Å². The maximum absolute atomic E-state index is 9.81. The van der Waals surface area contributed by atoms with Crippen molar-refractivity contribution < 1.29 is 10.1 Å². The summed E-state index contributed by atoms with van der Waals surface area (Å²) in [5.41, 5.74) is 2.03. The summed E-state index contributed by atoms with van der Waals surface area (Å²) in [5, 5.41) is 13.0. The number of aliphatic hydroxyl groups is 1. The molecule has 0 aliphatic carbocycles. The van der Waals surface area contributed by atoms with Gasteiger partial charge in [0.2, 0.25) is 5.69 Å². The van der Waals surface area contributed by atoms with Crippen LogP contribution < -0.4 is 10.3 Å². The molecular weight excluding hydrogens is 248 g/mol. The molecule has 20 heavy (non-hydrogen) atoms. The Kier molecular flexibility index (Phi) is 5.55. The third kappa shape index (κ3) is 5.08. The van der Waals surface area contributed by atoms with Gasteiger partial charge in [0.05, 0.1) is 6.10 Å². The Balaban J connectivity index is 1.75. The zero-order valence-corrected chi connectivity index (χ0v) is 11.2. The molecule has 102 valence electrons. The first kappa shape index (κ1) is 14.0. The number of hydrogen-bond donors (Lipinski definition) is 3. The van der Waals surface area contributed by atoms with Crippen LogP contribution in [0.25, 0.3) is 0 Å². The van der Waals surface area contributed by atoms with Crippen LogP contribution in [0.5, 0.6) is 0 Å². The Morgan fingerprint density at radius 3 is 2.35 bits per heavy atom. The summed E-state index contributed by atoms with van der Waals surface area (Å²) >= 11 is 0. The van der Waals surface area contributed by atoms with Crippen LogP contribution in [0, 0.1) is 0 Å². The van der Waals surface area contributed by atoms with Crippen molar-refractivity contribution in [3.63, 3.8) is 0 Å². The second kappa shape index (κ2) is 7.92. The maximum Gasteiger partial charge on any atom is 0.203 e. The highest BCUT2D eigenvalue weighted by molar-refractivity contribution is 5.66. The van der Waals surface area contributed by atoms with E-state index >= 15 is 0 Å². The van der Waals surface area contributed by atoms with Crippen molar-refractivity contribution in [3.8, 4) is 0 Å². The van der Waals surface area contributed by atoms with Crippen LogP contribution in [-0.4, -0.2) is 24.0 Å². The van der Waals surface area contributed by atoms with Crippen molar-refractivity contribution >= 4 is 17.6 Å². The number of anilines is 1. The lowest BCUT2D eigenvalue weighted by Crippen LogP contribution is -2.60. The molecule has 0 aromatic heterocycles. The highest BCUT2D eigenvalue weighted by Gasteiger charge is 1.98. The summed E-state index contributed by atoms with van der Waals surface area (Å²) in [5.74, 6) is 0. The number of rotatable bonds is 6. The highest BCUT2D eigenvalue weighted by Crippen LogP contribution is 2.04. The van der Waals surface area contributed by atoms with Crippen LogP contribution in [0.15, 0.2) is 72.8 Å². The monoisotopic (exact) mass is 267 g/mol. The van der Waals surface area contributed by atoms with Crippen LogP contribution in [0.4, 0.5) is 11.4 Å². The van der Waals surface area contributed by atoms with Crippen LogP contribution >= 0.6 is 0 Å². The quantitative estimate of drug-likeness (QED) is 0.695. The smallest absolute Gasteiger partial charge is 0.203 e. The number of aliphatic hydroxyl groups excluding tert-OH is 1. The largest absolute Gasteiger partial charge is 0.387 e. The first-order valence-corrected chi connectivity index (χ1v) is 6.63. The molecule has 0 spiro atoms. The van der Waals surface area contributed by atoms with Crippen LogP contribution in [-0.2, 0) is 0 Å². The van der Waals surface area contributed by atoms with E-state index in [0.717, 1.165) is 11.4 Å². The van der Waals surface area contributed by atoms with Gasteiger partial charge >= 0.3 is 0 Å². The van der Waals surface area contributed by atoms with E-state index in [-0.39, 0.29) is 0 Å². The standard InChI is InChI=1S/C17H18N2O/c20-17(14-19-16-10-5-2-6-11-16)12-7-13-18-15-8-3-1-4-9-15/h1-13,17,19-20H,14H2/p+1. The zero-order valence-electron chi connectivity index (χ0n) is 11.2. The molecule has 0 amide bonds. The first-order chi connectivity index (χ1) is 9.84. The molecule has 1 unspecified atom stereocenters. The Bertz CT molecular complexity index is 550. The second-order valence-corrected chi connectivity index (χ2v) is 4.38. The van der Waals surface area contributed by atoms with E-state index in [4.69, 9.17) is 0 Å². The summed E-state index contributed by atoms with van der Waals surface area (Å²) < 4.78 is 0. The molecule has 0 bridgehead atoms. The predicted molar refractivity (Wildman–Crippen MR) is 83.2 cm³/mol. The van der Waals surface area contributed by atoms with Crippen molar-refractivity contribution in [2.24, 2.45) is 0 Å². The number of allylic oxidation sites excluding steroid dienone is 1. The molecule has 0 aliphatic rings. The van der Waals surface area contributed by atoms with Gasteiger partial charge < -0.3 is 10.4 Å². The third-order valence-electron chi connectivity index (χ3n) is 2.74. The van der Waals surface area contributed by atoms with Crippen LogP contribution in [0.2, 0.25) is 0 Å². The highest BCUT2D eigenvalue weighted by atomic mass is 16.3. The van der Waals surface area contributed by atoms with Gasteiger partial charge in [-0.15, -0.1) is 0 Å². The summed E-state index contributed by atoms with van der Waals surface area (Å²) in [6.45, 7) is 0.486. The molecular formula is C17H19N2O+. The van der Waals surface area contributed by atoms with E-state index in [9.17, 15) is 5.11 Å². The van der Waals surface area contributed by atoms with Crippen LogP contribution in [0.3, 0.4) is 0 Å². The van der Waals surface area contributed by atoms with Gasteiger partial charge in [0.15, 0.2) is 6.21 Å². The molecule has 0 saturated carbocycles. The Labute approximate surface area is 119 Å². The average molecular weight is 267 g/mol. The Morgan fingerprint density at radius 1 is 1.00 bits per heavy atom. The van der Waals surface area contributed by atoms with Gasteiger partial charge in [0.1, 0.15) is 0 Å². The van der Waals surface area contributed by atoms with E-state index in [2.05, 4.69) is 10.3 Å². The summed E-state index contributed by atoms with van der Waals surface area (Å²) in [4.78, 5) is 3.13. The molecule has 0 aliphatic heterocycles. The zero-order chi connectivity index (χ0) is 14.0. The number of benzene rings is 2. The lowest BCUT2D eigenvalue weighted by molar-refractivity contribution is -0.346. The van der Waals surface area contributed by atoms with E-state index in [1.807, 2.05) is 66.7 Å². The lowest BCUT2D eigenvalue weighted by Gasteiger charge is -2.08. The minimum absolute atomic E-state index is 0.486. The second-order valence-electron chi connectivity index (χ2n) is 4.38. The Morgan fingerprint density at radius 2 is 1.65 bits per heavy atom. The minimum Gasteiger partial charge on any atom is -0.387 e. The number of para-hydroxylation sites is 2. The van der Waals surface area contributed by atoms with Gasteiger partial charge in [-0.3, -0.25) is 0 Å². The van der Waals surface area contributed by atoms with Gasteiger partial charge in [-0.1, -0.05) is 36.4 Å². The molecule has 2 aromatic carbocycles. The fraction of sp³-hybridized carbons (Fsp3) is 0.118. The average Bonchev–Trinajstić information content (AvgIpc) is 2.52. The molecule has 0 saturated heterocycles. The van der Waals surface area contributed by atoms with Gasteiger partial charge in [0.25, 0.3) is 0 Å². The van der Waals surface area contributed by atoms with E-state index in [0.29, 0.717) is 6.54 Å². The van der Waals surface area contributed by atoms with Gasteiger partial charge in [-0.25, -0.2) is 4.99 Å². The summed E-state index contributed by atoms with van der Waals surface area (Å²) in [6.07, 6.45) is 4.83. The molecule has 1 atom stereocenters. The molecule has 0 radical (unpaired) electrons. The van der Waals surface area contributed by atoms with Crippen molar-refractivity contribution in [2.75, 3.05) is 11.9 Å². The van der Waals surface area contributed by atoms with Crippen LogP contribution in [0.1, 0.15) is 0 Å². The summed E-state index contributed by atoms with van der Waals surface area (Å²) in [6, 6.07) is 19.7. The number of nitrogens with one attached hydrogen (secondary N) is 2. The molecule has 3 N–H and O–H groups in total. The van der Waals surface area contributed by atoms with Crippen molar-refractivity contribution in [1.82, 2.24) is 0 Å². The van der Waals surface area contributed by atoms with Gasteiger partial charge in [-0.05, 0) is 18.2 Å². The molecule has 0 heterocycles. The van der Waals surface area contributed by atoms with E-state index in [1.54, 1.807) is 12.3 Å². The van der Waals surface area contributed by atoms with Gasteiger partial charge in [0, 0.05) is 30.4 Å². The SMILES string of the molecule is OC(C=CC=[NH+]c1ccccc1)CNc1ccccc1. The fourth-order valence-corrected chi connectivity index (χ4v) is 1.71. The first-order valence-electron chi connectivity index (χ1n) is 6.63. The molecule has 2 rings (SSSR count). The fourth-order valence-electron chi connectivity index (χ4n) is 1.71. The van der Waals surface area contributed by atoms with E-state index < -0.39 is 6.10 Å². The minimum atomic E-state index is -0.524. The predicted octanol–water partition coefficient (Wildman–Crippen LogP) is 1.50. The normalized spacial score (nSPS) is 12.8. The lowest BCUT2D eigenvalue weighted by atomic mass is 10.3. The molecule has 3 nitrogen and oxygen atoms in total. The third-order valence-corrected chi connectivity index (χ3v) is 2.74. The van der Waals surface area contributed by atoms with Crippen molar-refractivity contribution in [1.29, 1.82) is 0 Å². The van der Waals surface area contributed by atoms with Crippen molar-refractivity contribution in [2.45, 2.75) is 6.10 Å².